The molecule has 96 valence electrons. The molecule has 2 aliphatic rings. The van der Waals surface area contributed by atoms with E-state index in [2.05, 4.69) is 26.8 Å². The fourth-order valence-corrected chi connectivity index (χ4v) is 2.90. The van der Waals surface area contributed by atoms with Crippen molar-refractivity contribution < 1.29 is 9.84 Å². The first-order valence-corrected chi connectivity index (χ1v) is 6.71. The van der Waals surface area contributed by atoms with E-state index in [0.29, 0.717) is 5.75 Å². The summed E-state index contributed by atoms with van der Waals surface area (Å²) in [6.45, 7) is 6.32. The third-order valence-electron chi connectivity index (χ3n) is 3.87. The third-order valence-corrected chi connectivity index (χ3v) is 3.87. The lowest BCUT2D eigenvalue weighted by molar-refractivity contribution is 0.256. The largest absolute Gasteiger partial charge is 0.508 e. The Hall–Kier alpha value is -1.44. The molecular weight excluding hydrogens is 224 g/mol. The highest BCUT2D eigenvalue weighted by molar-refractivity contribution is 5.79. The number of phenolic OH excluding ortho intramolecular Hbond substituents is 1. The highest BCUT2D eigenvalue weighted by atomic mass is 16.5. The molecule has 1 unspecified atom stereocenters. The van der Waals surface area contributed by atoms with Crippen LogP contribution in [-0.2, 0) is 5.41 Å². The van der Waals surface area contributed by atoms with Crippen LogP contribution < -0.4 is 4.74 Å². The number of fused-ring (bicyclic) bond motifs is 3. The van der Waals surface area contributed by atoms with Crippen LogP contribution >= 0.6 is 0 Å². The third kappa shape index (κ3) is 1.71. The Morgan fingerprint density at radius 2 is 2.06 bits per heavy atom. The van der Waals surface area contributed by atoms with Gasteiger partial charge in [0.05, 0.1) is 0 Å². The summed E-state index contributed by atoms with van der Waals surface area (Å²) >= 11 is 0. The number of hydrogen-bond donors (Lipinski definition) is 1. The Morgan fingerprint density at radius 3 is 2.78 bits per heavy atom. The standard InChI is InChI=1S/C16H20O2/c1-16(2,3)12-9-15-11(8-13(12)17)10-6-4-5-7-14(10)18-15/h6,8-9,14,17H,4-5,7H2,1-3H3. The average Bonchev–Trinajstić information content (AvgIpc) is 2.65. The number of hydrogen-bond acceptors (Lipinski definition) is 2. The Balaban J connectivity index is 2.11. The van der Waals surface area contributed by atoms with Gasteiger partial charge in [-0.05, 0) is 42.4 Å². The number of allylic oxidation sites excluding steroid dienone is 1. The summed E-state index contributed by atoms with van der Waals surface area (Å²) in [4.78, 5) is 0. The van der Waals surface area contributed by atoms with Gasteiger partial charge in [-0.1, -0.05) is 26.8 Å². The lowest BCUT2D eigenvalue weighted by Gasteiger charge is -2.21. The molecule has 0 amide bonds. The highest BCUT2D eigenvalue weighted by Crippen LogP contribution is 2.46. The maximum absolute atomic E-state index is 10.2. The quantitative estimate of drug-likeness (QED) is 0.747. The molecule has 18 heavy (non-hydrogen) atoms. The first kappa shape index (κ1) is 11.6. The molecule has 0 aromatic heterocycles. The molecule has 0 saturated carbocycles. The van der Waals surface area contributed by atoms with Crippen LogP contribution in [0.2, 0.25) is 0 Å². The Bertz CT molecular complexity index is 521. The van der Waals surface area contributed by atoms with E-state index < -0.39 is 0 Å². The minimum absolute atomic E-state index is 0.0649. The fourth-order valence-electron chi connectivity index (χ4n) is 2.90. The van der Waals surface area contributed by atoms with E-state index in [9.17, 15) is 5.11 Å². The molecule has 1 aliphatic carbocycles. The van der Waals surface area contributed by atoms with Crippen molar-refractivity contribution in [1.82, 2.24) is 0 Å². The smallest absolute Gasteiger partial charge is 0.128 e. The predicted molar refractivity (Wildman–Crippen MR) is 73.1 cm³/mol. The lowest BCUT2D eigenvalue weighted by Crippen LogP contribution is -2.14. The van der Waals surface area contributed by atoms with Crippen molar-refractivity contribution in [2.75, 3.05) is 0 Å². The molecule has 0 spiro atoms. The summed E-state index contributed by atoms with van der Waals surface area (Å²) in [5, 5.41) is 10.2. The van der Waals surface area contributed by atoms with Gasteiger partial charge in [0.15, 0.2) is 0 Å². The van der Waals surface area contributed by atoms with E-state index in [-0.39, 0.29) is 11.5 Å². The van der Waals surface area contributed by atoms with Crippen molar-refractivity contribution in [3.05, 3.63) is 29.3 Å². The maximum atomic E-state index is 10.2. The van der Waals surface area contributed by atoms with Crippen molar-refractivity contribution in [2.24, 2.45) is 0 Å². The summed E-state index contributed by atoms with van der Waals surface area (Å²) in [5.74, 6) is 1.33. The zero-order chi connectivity index (χ0) is 12.9. The van der Waals surface area contributed by atoms with Gasteiger partial charge in [-0.25, -0.2) is 0 Å². The average molecular weight is 244 g/mol. The molecule has 1 aliphatic heterocycles. The number of phenols is 1. The molecule has 2 heteroatoms. The highest BCUT2D eigenvalue weighted by Gasteiger charge is 2.32. The van der Waals surface area contributed by atoms with Gasteiger partial charge in [0.25, 0.3) is 0 Å². The van der Waals surface area contributed by atoms with Crippen LogP contribution in [0.1, 0.15) is 51.2 Å². The monoisotopic (exact) mass is 244 g/mol. The van der Waals surface area contributed by atoms with E-state index >= 15 is 0 Å². The minimum Gasteiger partial charge on any atom is -0.508 e. The van der Waals surface area contributed by atoms with Crippen molar-refractivity contribution in [1.29, 1.82) is 0 Å². The SMILES string of the molecule is CC(C)(C)c1cc2c(cc1O)C1=CCCCC1O2. The predicted octanol–water partition coefficient (Wildman–Crippen LogP) is 4.02. The van der Waals surface area contributed by atoms with Crippen molar-refractivity contribution in [3.8, 4) is 11.5 Å². The normalized spacial score (nSPS) is 21.9. The number of benzene rings is 1. The summed E-state index contributed by atoms with van der Waals surface area (Å²) in [6.07, 6.45) is 5.88. The van der Waals surface area contributed by atoms with Gasteiger partial charge in [-0.3, -0.25) is 0 Å². The van der Waals surface area contributed by atoms with E-state index in [1.54, 1.807) is 0 Å². The second-order valence-corrected chi connectivity index (χ2v) is 6.31. The van der Waals surface area contributed by atoms with Crippen LogP contribution in [0, 0.1) is 0 Å². The summed E-state index contributed by atoms with van der Waals surface area (Å²) in [7, 11) is 0. The van der Waals surface area contributed by atoms with Crippen LogP contribution in [0.15, 0.2) is 18.2 Å². The molecular formula is C16H20O2. The zero-order valence-corrected chi connectivity index (χ0v) is 11.3. The van der Waals surface area contributed by atoms with Gasteiger partial charge in [-0.15, -0.1) is 0 Å². The summed E-state index contributed by atoms with van der Waals surface area (Å²) in [5.41, 5.74) is 3.25. The fraction of sp³-hybridized carbons (Fsp3) is 0.500. The topological polar surface area (TPSA) is 29.5 Å². The Labute approximate surface area is 108 Å². The molecule has 1 atom stereocenters. The molecule has 0 fully saturated rings. The maximum Gasteiger partial charge on any atom is 0.128 e. The van der Waals surface area contributed by atoms with Crippen LogP contribution in [-0.4, -0.2) is 11.2 Å². The molecule has 1 heterocycles. The zero-order valence-electron chi connectivity index (χ0n) is 11.3. The van der Waals surface area contributed by atoms with E-state index in [1.807, 2.05) is 12.1 Å². The van der Waals surface area contributed by atoms with Crippen LogP contribution in [0.3, 0.4) is 0 Å². The number of aromatic hydroxyl groups is 1. The number of rotatable bonds is 0. The van der Waals surface area contributed by atoms with E-state index in [4.69, 9.17) is 4.74 Å². The molecule has 0 saturated heterocycles. The molecule has 1 N–H and O–H groups in total. The van der Waals surface area contributed by atoms with Gasteiger partial charge in [-0.2, -0.15) is 0 Å². The lowest BCUT2D eigenvalue weighted by atomic mass is 9.84. The first-order valence-electron chi connectivity index (χ1n) is 6.71. The molecule has 3 rings (SSSR count). The van der Waals surface area contributed by atoms with Crippen LogP contribution in [0.4, 0.5) is 0 Å². The van der Waals surface area contributed by atoms with Gasteiger partial charge >= 0.3 is 0 Å². The second-order valence-electron chi connectivity index (χ2n) is 6.31. The van der Waals surface area contributed by atoms with Crippen molar-refractivity contribution in [3.63, 3.8) is 0 Å². The van der Waals surface area contributed by atoms with E-state index in [1.165, 1.54) is 12.0 Å². The summed E-state index contributed by atoms with van der Waals surface area (Å²) in [6, 6.07) is 3.90. The van der Waals surface area contributed by atoms with Crippen LogP contribution in [0.25, 0.3) is 5.57 Å². The number of ether oxygens (including phenoxy) is 1. The van der Waals surface area contributed by atoms with Gasteiger partial charge in [0, 0.05) is 11.1 Å². The molecule has 1 aromatic carbocycles. The van der Waals surface area contributed by atoms with Gasteiger partial charge in [0.2, 0.25) is 0 Å². The minimum atomic E-state index is -0.0649. The van der Waals surface area contributed by atoms with E-state index in [0.717, 1.165) is 29.7 Å². The molecule has 2 nitrogen and oxygen atoms in total. The van der Waals surface area contributed by atoms with Crippen molar-refractivity contribution >= 4 is 5.57 Å². The first-order chi connectivity index (χ1) is 8.47. The molecule has 0 radical (unpaired) electrons. The summed E-state index contributed by atoms with van der Waals surface area (Å²) < 4.78 is 6.02. The van der Waals surface area contributed by atoms with Crippen LogP contribution in [0.5, 0.6) is 11.5 Å². The molecule has 1 aromatic rings. The van der Waals surface area contributed by atoms with Gasteiger partial charge < -0.3 is 9.84 Å². The Morgan fingerprint density at radius 1 is 1.28 bits per heavy atom. The van der Waals surface area contributed by atoms with Crippen molar-refractivity contribution in [2.45, 2.75) is 51.6 Å². The Kier molecular flexibility index (Phi) is 2.44. The van der Waals surface area contributed by atoms with Gasteiger partial charge in [0.1, 0.15) is 17.6 Å². The molecule has 0 bridgehead atoms. The second kappa shape index (κ2) is 3.78.